The fraction of sp³-hybridized carbons (Fsp3) is 0.278. The van der Waals surface area contributed by atoms with Gasteiger partial charge < -0.3 is 14.8 Å². The third-order valence-electron chi connectivity index (χ3n) is 2.83. The molecule has 0 aliphatic rings. The van der Waals surface area contributed by atoms with Crippen LogP contribution in [-0.4, -0.2) is 17.7 Å². The van der Waals surface area contributed by atoms with Crippen molar-refractivity contribution in [2.45, 2.75) is 32.9 Å². The number of nitrogens with zero attached hydrogens (tertiary/aromatic N) is 1. The van der Waals surface area contributed by atoms with E-state index in [2.05, 4.69) is 5.32 Å². The van der Waals surface area contributed by atoms with Crippen LogP contribution in [0.4, 0.5) is 10.5 Å². The molecule has 6 nitrogen and oxygen atoms in total. The number of pyridine rings is 1. The molecule has 0 fully saturated rings. The normalized spacial score (nSPS) is 10.8. The van der Waals surface area contributed by atoms with Gasteiger partial charge in [-0.15, -0.1) is 0 Å². The van der Waals surface area contributed by atoms with Gasteiger partial charge in [0.15, 0.2) is 12.4 Å². The summed E-state index contributed by atoms with van der Waals surface area (Å²) >= 11 is 0. The Balaban J connectivity index is 1.87. The molecule has 0 spiro atoms. The van der Waals surface area contributed by atoms with E-state index in [9.17, 15) is 9.59 Å². The van der Waals surface area contributed by atoms with Gasteiger partial charge in [-0.05, 0) is 45.0 Å². The Bertz CT molecular complexity index is 691. The molecule has 2 rings (SSSR count). The van der Waals surface area contributed by atoms with Crippen LogP contribution in [0.25, 0.3) is 0 Å². The van der Waals surface area contributed by atoms with Crippen molar-refractivity contribution in [1.82, 2.24) is 0 Å². The van der Waals surface area contributed by atoms with Crippen LogP contribution in [0, 0.1) is 0 Å². The number of hydrogen-bond donors (Lipinski definition) is 1. The molecule has 0 radical (unpaired) electrons. The average molecular weight is 329 g/mol. The lowest BCUT2D eigenvalue weighted by Gasteiger charge is -2.18. The van der Waals surface area contributed by atoms with E-state index in [-0.39, 0.29) is 12.5 Å². The fourth-order valence-electron chi connectivity index (χ4n) is 1.88. The van der Waals surface area contributed by atoms with E-state index in [4.69, 9.17) is 9.47 Å². The molecule has 1 heterocycles. The smallest absolute Gasteiger partial charge is 0.428 e. The fourth-order valence-corrected chi connectivity index (χ4v) is 1.88. The predicted octanol–water partition coefficient (Wildman–Crippen LogP) is 2.93. The average Bonchev–Trinajstić information content (AvgIpc) is 2.48. The van der Waals surface area contributed by atoms with Crippen LogP contribution in [0.15, 0.2) is 54.9 Å². The molecule has 6 heteroatoms. The molecule has 1 amide bonds. The molecule has 0 atom stereocenters. The number of aromatic nitrogens is 1. The van der Waals surface area contributed by atoms with Crippen LogP contribution < -0.4 is 14.6 Å². The van der Waals surface area contributed by atoms with Crippen molar-refractivity contribution < 1.29 is 23.6 Å². The summed E-state index contributed by atoms with van der Waals surface area (Å²) in [7, 11) is 0. The molecule has 0 aliphatic heterocycles. The maximum absolute atomic E-state index is 12.0. The minimum Gasteiger partial charge on any atom is -0.428 e. The summed E-state index contributed by atoms with van der Waals surface area (Å²) in [5, 5.41) is 2.78. The van der Waals surface area contributed by atoms with Gasteiger partial charge in [-0.25, -0.2) is 4.79 Å². The Labute approximate surface area is 141 Å². The number of carbonyl (C=O) groups is 2. The highest BCUT2D eigenvalue weighted by Gasteiger charge is 2.18. The highest BCUT2D eigenvalue weighted by molar-refractivity contribution is 5.89. The van der Waals surface area contributed by atoms with Gasteiger partial charge >= 0.3 is 6.16 Å². The van der Waals surface area contributed by atoms with Crippen molar-refractivity contribution in [3.05, 3.63) is 54.9 Å². The van der Waals surface area contributed by atoms with Crippen molar-refractivity contribution in [2.24, 2.45) is 0 Å². The first-order valence-electron chi connectivity index (χ1n) is 7.57. The van der Waals surface area contributed by atoms with Gasteiger partial charge in [-0.3, -0.25) is 4.79 Å². The van der Waals surface area contributed by atoms with E-state index in [1.807, 2.05) is 30.6 Å². The second-order valence-electron chi connectivity index (χ2n) is 6.19. The highest BCUT2D eigenvalue weighted by atomic mass is 16.7. The van der Waals surface area contributed by atoms with Gasteiger partial charge in [0, 0.05) is 17.8 Å². The summed E-state index contributed by atoms with van der Waals surface area (Å²) < 4.78 is 11.9. The van der Waals surface area contributed by atoms with Crippen LogP contribution in [0.2, 0.25) is 0 Å². The Hall–Kier alpha value is -2.89. The minimum absolute atomic E-state index is 0.146. The Kier molecular flexibility index (Phi) is 5.52. The summed E-state index contributed by atoms with van der Waals surface area (Å²) in [6, 6.07) is 12.1. The minimum atomic E-state index is -0.764. The SMILES string of the molecule is CC(C)(C)OC(=O)Oc1ccc(NC(=O)C[n+]2ccccc2)cc1. The van der Waals surface area contributed by atoms with Crippen molar-refractivity contribution in [1.29, 1.82) is 0 Å². The highest BCUT2D eigenvalue weighted by Crippen LogP contribution is 2.17. The lowest BCUT2D eigenvalue weighted by atomic mass is 10.2. The van der Waals surface area contributed by atoms with Crippen molar-refractivity contribution in [2.75, 3.05) is 5.32 Å². The van der Waals surface area contributed by atoms with Gasteiger partial charge in [-0.1, -0.05) is 6.07 Å². The molecule has 0 saturated heterocycles. The van der Waals surface area contributed by atoms with E-state index in [1.165, 1.54) is 0 Å². The maximum Gasteiger partial charge on any atom is 0.514 e. The predicted molar refractivity (Wildman–Crippen MR) is 88.6 cm³/mol. The van der Waals surface area contributed by atoms with Crippen LogP contribution in [0.3, 0.4) is 0 Å². The van der Waals surface area contributed by atoms with Crippen LogP contribution in [0.5, 0.6) is 5.75 Å². The Morgan fingerprint density at radius 3 is 2.25 bits per heavy atom. The van der Waals surface area contributed by atoms with Crippen molar-refractivity contribution in [3.63, 3.8) is 0 Å². The third kappa shape index (κ3) is 6.08. The summed E-state index contributed by atoms with van der Waals surface area (Å²) in [6.45, 7) is 5.50. The van der Waals surface area contributed by atoms with E-state index < -0.39 is 11.8 Å². The molecule has 24 heavy (non-hydrogen) atoms. The van der Waals surface area contributed by atoms with Crippen LogP contribution >= 0.6 is 0 Å². The molecule has 0 aliphatic carbocycles. The third-order valence-corrected chi connectivity index (χ3v) is 2.83. The van der Waals surface area contributed by atoms with Gasteiger partial charge in [0.25, 0.3) is 5.91 Å². The van der Waals surface area contributed by atoms with E-state index in [1.54, 1.807) is 49.6 Å². The van der Waals surface area contributed by atoms with Crippen molar-refractivity contribution >= 4 is 17.7 Å². The standard InChI is InChI=1S/C18H20N2O4/c1-18(2,3)24-17(22)23-15-9-7-14(8-10-15)19-16(21)13-20-11-5-4-6-12-20/h4-12H,13H2,1-3H3/p+1. The van der Waals surface area contributed by atoms with Gasteiger partial charge in [-0.2, -0.15) is 4.57 Å². The molecule has 1 N–H and O–H groups in total. The van der Waals surface area contributed by atoms with Gasteiger partial charge in [0.05, 0.1) is 0 Å². The number of hydrogen-bond acceptors (Lipinski definition) is 4. The maximum atomic E-state index is 12.0. The quantitative estimate of drug-likeness (QED) is 0.532. The molecule has 1 aromatic heterocycles. The number of anilines is 1. The largest absolute Gasteiger partial charge is 0.514 e. The molecular weight excluding hydrogens is 308 g/mol. The zero-order valence-electron chi connectivity index (χ0n) is 14.0. The summed E-state index contributed by atoms with van der Waals surface area (Å²) in [5.74, 6) is 0.201. The summed E-state index contributed by atoms with van der Waals surface area (Å²) in [4.78, 5) is 23.5. The summed E-state index contributed by atoms with van der Waals surface area (Å²) in [5.41, 5.74) is 0.00757. The number of amides is 1. The monoisotopic (exact) mass is 329 g/mol. The molecule has 126 valence electrons. The molecule has 0 saturated carbocycles. The molecule has 2 aromatic rings. The first-order chi connectivity index (χ1) is 11.3. The first-order valence-corrected chi connectivity index (χ1v) is 7.57. The number of ether oxygens (including phenoxy) is 2. The zero-order valence-corrected chi connectivity index (χ0v) is 14.0. The van der Waals surface area contributed by atoms with E-state index in [0.29, 0.717) is 11.4 Å². The Morgan fingerprint density at radius 1 is 1.04 bits per heavy atom. The number of rotatable bonds is 4. The number of carbonyl (C=O) groups excluding carboxylic acids is 2. The molecule has 1 aromatic carbocycles. The first kappa shape index (κ1) is 17.5. The summed E-state index contributed by atoms with van der Waals surface area (Å²) in [6.07, 6.45) is 2.87. The second kappa shape index (κ2) is 7.59. The van der Waals surface area contributed by atoms with E-state index in [0.717, 1.165) is 0 Å². The van der Waals surface area contributed by atoms with Crippen LogP contribution in [-0.2, 0) is 16.1 Å². The van der Waals surface area contributed by atoms with Gasteiger partial charge in [0.1, 0.15) is 11.4 Å². The second-order valence-corrected chi connectivity index (χ2v) is 6.19. The number of benzene rings is 1. The molecular formula is C18H21N2O4+. The van der Waals surface area contributed by atoms with Crippen molar-refractivity contribution in [3.8, 4) is 5.75 Å². The van der Waals surface area contributed by atoms with Gasteiger partial charge in [0.2, 0.25) is 6.54 Å². The Morgan fingerprint density at radius 2 is 1.67 bits per heavy atom. The topological polar surface area (TPSA) is 68.5 Å². The van der Waals surface area contributed by atoms with Crippen LogP contribution in [0.1, 0.15) is 20.8 Å². The zero-order chi connectivity index (χ0) is 17.6. The van der Waals surface area contributed by atoms with E-state index >= 15 is 0 Å². The molecule has 0 bridgehead atoms. The number of nitrogens with one attached hydrogen (secondary N) is 1. The molecule has 0 unspecified atom stereocenters. The lowest BCUT2D eigenvalue weighted by Crippen LogP contribution is -2.39. The lowest BCUT2D eigenvalue weighted by molar-refractivity contribution is -0.684.